The van der Waals surface area contributed by atoms with Gasteiger partial charge < -0.3 is 10.2 Å². The highest BCUT2D eigenvalue weighted by Crippen LogP contribution is 2.24. The summed E-state index contributed by atoms with van der Waals surface area (Å²) in [7, 11) is 0. The zero-order valence-corrected chi connectivity index (χ0v) is 9.97. The second kappa shape index (κ2) is 4.45. The Balaban J connectivity index is 3.25. The van der Waals surface area contributed by atoms with Gasteiger partial charge in [-0.2, -0.15) is 0 Å². The smallest absolute Gasteiger partial charge is 0.412 e. The average Bonchev–Trinajstić information content (AvgIpc) is 2.15. The Morgan fingerprint density at radius 1 is 1.18 bits per heavy atom. The monoisotopic (exact) mass is 237 g/mol. The van der Waals surface area contributed by atoms with Gasteiger partial charge >= 0.3 is 12.1 Å². The van der Waals surface area contributed by atoms with E-state index in [1.54, 1.807) is 26.8 Å². The highest BCUT2D eigenvalue weighted by atomic mass is 16.4. The fourth-order valence-electron chi connectivity index (χ4n) is 1.56. The van der Waals surface area contributed by atoms with Gasteiger partial charge in [0.25, 0.3) is 0 Å². The van der Waals surface area contributed by atoms with Crippen molar-refractivity contribution in [3.8, 4) is 0 Å². The van der Waals surface area contributed by atoms with E-state index in [2.05, 4.69) is 0 Å². The average molecular weight is 237 g/mol. The van der Waals surface area contributed by atoms with Gasteiger partial charge in [0.2, 0.25) is 0 Å². The van der Waals surface area contributed by atoms with E-state index in [9.17, 15) is 14.7 Å². The van der Waals surface area contributed by atoms with Crippen LogP contribution in [0.1, 0.15) is 31.1 Å². The van der Waals surface area contributed by atoms with E-state index >= 15 is 0 Å². The maximum atomic E-state index is 11.2. The van der Waals surface area contributed by atoms with Gasteiger partial charge in [0.1, 0.15) is 0 Å². The summed E-state index contributed by atoms with van der Waals surface area (Å²) < 4.78 is 0. The van der Waals surface area contributed by atoms with Crippen molar-refractivity contribution in [2.75, 3.05) is 4.90 Å². The lowest BCUT2D eigenvalue weighted by Gasteiger charge is -2.33. The maximum absolute atomic E-state index is 11.2. The molecule has 0 heterocycles. The lowest BCUT2D eigenvalue weighted by Crippen LogP contribution is -2.45. The summed E-state index contributed by atoms with van der Waals surface area (Å²) in [5, 5.41) is 18.0. The van der Waals surface area contributed by atoms with Crippen LogP contribution in [0.15, 0.2) is 24.3 Å². The first-order valence-corrected chi connectivity index (χ1v) is 5.10. The Morgan fingerprint density at radius 2 is 1.76 bits per heavy atom. The van der Waals surface area contributed by atoms with Crippen LogP contribution in [0.4, 0.5) is 10.5 Å². The normalized spacial score (nSPS) is 11.0. The minimum atomic E-state index is -1.11. The van der Waals surface area contributed by atoms with Crippen LogP contribution in [0, 0.1) is 0 Å². The first-order valence-electron chi connectivity index (χ1n) is 5.10. The summed E-state index contributed by atoms with van der Waals surface area (Å²) in [6.45, 7) is 5.23. The maximum Gasteiger partial charge on any atom is 0.412 e. The predicted octanol–water partition coefficient (Wildman–Crippen LogP) is 2.67. The van der Waals surface area contributed by atoms with E-state index in [4.69, 9.17) is 5.11 Å². The van der Waals surface area contributed by atoms with Crippen molar-refractivity contribution in [1.82, 2.24) is 0 Å². The van der Waals surface area contributed by atoms with Gasteiger partial charge in [-0.15, -0.1) is 0 Å². The molecule has 0 fully saturated rings. The van der Waals surface area contributed by atoms with Crippen LogP contribution >= 0.6 is 0 Å². The Hall–Kier alpha value is -2.04. The molecule has 0 aliphatic heterocycles. The molecule has 0 bridgehead atoms. The molecule has 0 aromatic heterocycles. The van der Waals surface area contributed by atoms with Crippen LogP contribution in [0.3, 0.4) is 0 Å². The minimum absolute atomic E-state index is 0.0676. The second-order valence-electron chi connectivity index (χ2n) is 4.64. The summed E-state index contributed by atoms with van der Waals surface area (Å²) in [5.41, 5.74) is -0.217. The molecule has 0 saturated carbocycles. The number of rotatable bonds is 2. The number of hydrogen-bond donors (Lipinski definition) is 2. The largest absolute Gasteiger partial charge is 0.478 e. The molecule has 1 rings (SSSR count). The van der Waals surface area contributed by atoms with Gasteiger partial charge in [-0.05, 0) is 39.0 Å². The molecule has 0 spiro atoms. The lowest BCUT2D eigenvalue weighted by molar-refractivity contribution is 0.0696. The van der Waals surface area contributed by atoms with Crippen molar-refractivity contribution < 1.29 is 19.8 Å². The van der Waals surface area contributed by atoms with Crippen molar-refractivity contribution in [3.05, 3.63) is 29.8 Å². The number of carboxylic acids is 1. The third kappa shape index (κ3) is 2.96. The molecule has 1 aromatic rings. The molecule has 0 radical (unpaired) electrons. The van der Waals surface area contributed by atoms with E-state index in [0.29, 0.717) is 5.69 Å². The van der Waals surface area contributed by atoms with Crippen molar-refractivity contribution in [2.24, 2.45) is 0 Å². The quantitative estimate of drug-likeness (QED) is 0.828. The molecule has 1 amide bonds. The van der Waals surface area contributed by atoms with Gasteiger partial charge in [-0.3, -0.25) is 4.90 Å². The summed E-state index contributed by atoms with van der Waals surface area (Å²) in [6, 6.07) is 5.88. The number of carboxylic acid groups (broad SMARTS) is 2. The first kappa shape index (κ1) is 13.0. The third-order valence-corrected chi connectivity index (χ3v) is 2.21. The van der Waals surface area contributed by atoms with Gasteiger partial charge in [-0.1, -0.05) is 6.07 Å². The summed E-state index contributed by atoms with van der Waals surface area (Å²) in [5.74, 6) is -1.08. The topological polar surface area (TPSA) is 77.8 Å². The van der Waals surface area contributed by atoms with Crippen LogP contribution in [0.25, 0.3) is 0 Å². The van der Waals surface area contributed by atoms with Crippen LogP contribution in [0.5, 0.6) is 0 Å². The lowest BCUT2D eigenvalue weighted by atomic mass is 10.0. The molecule has 5 nitrogen and oxygen atoms in total. The van der Waals surface area contributed by atoms with E-state index in [1.807, 2.05) is 0 Å². The molecule has 0 saturated heterocycles. The Bertz CT molecular complexity index is 448. The van der Waals surface area contributed by atoms with E-state index in [1.165, 1.54) is 18.2 Å². The molecule has 1 aromatic carbocycles. The Morgan fingerprint density at radius 3 is 2.18 bits per heavy atom. The molecule has 0 unspecified atom stereocenters. The van der Waals surface area contributed by atoms with Crippen LogP contribution < -0.4 is 4.90 Å². The number of anilines is 1. The Labute approximate surface area is 99.3 Å². The highest BCUT2D eigenvalue weighted by molar-refractivity contribution is 5.92. The molecule has 5 heteroatoms. The van der Waals surface area contributed by atoms with Crippen molar-refractivity contribution in [3.63, 3.8) is 0 Å². The molecular weight excluding hydrogens is 222 g/mol. The van der Waals surface area contributed by atoms with E-state index in [0.717, 1.165) is 4.90 Å². The van der Waals surface area contributed by atoms with Crippen LogP contribution in [-0.2, 0) is 0 Å². The third-order valence-electron chi connectivity index (χ3n) is 2.21. The Kier molecular flexibility index (Phi) is 3.41. The SMILES string of the molecule is CC(C)(C)N(C(=O)O)c1cccc(C(=O)O)c1. The number of nitrogens with zero attached hydrogens (tertiary/aromatic N) is 1. The molecule has 0 aliphatic carbocycles. The zero-order chi connectivity index (χ0) is 13.2. The molecular formula is C12H15NO4. The van der Waals surface area contributed by atoms with Gasteiger partial charge in [0.15, 0.2) is 0 Å². The number of benzene rings is 1. The zero-order valence-electron chi connectivity index (χ0n) is 9.97. The standard InChI is InChI=1S/C12H15NO4/c1-12(2,3)13(11(16)17)9-6-4-5-8(7-9)10(14)15/h4-7H,1-3H3,(H,14,15)(H,16,17). The molecule has 2 N–H and O–H groups in total. The number of carbonyl (C=O) groups is 2. The summed E-state index contributed by atoms with van der Waals surface area (Å²) in [4.78, 5) is 23.2. The molecule has 0 aliphatic rings. The van der Waals surface area contributed by atoms with Crippen molar-refractivity contribution in [1.29, 1.82) is 0 Å². The van der Waals surface area contributed by atoms with Gasteiger partial charge in [0.05, 0.1) is 5.56 Å². The molecule has 92 valence electrons. The van der Waals surface area contributed by atoms with E-state index in [-0.39, 0.29) is 5.56 Å². The minimum Gasteiger partial charge on any atom is -0.478 e. The van der Waals surface area contributed by atoms with Gasteiger partial charge in [-0.25, -0.2) is 9.59 Å². The van der Waals surface area contributed by atoms with Crippen LogP contribution in [0.2, 0.25) is 0 Å². The van der Waals surface area contributed by atoms with Gasteiger partial charge in [0, 0.05) is 11.2 Å². The predicted molar refractivity (Wildman–Crippen MR) is 63.7 cm³/mol. The molecule has 0 atom stereocenters. The van der Waals surface area contributed by atoms with Crippen molar-refractivity contribution >= 4 is 17.7 Å². The highest BCUT2D eigenvalue weighted by Gasteiger charge is 2.28. The number of amides is 1. The fraction of sp³-hybridized carbons (Fsp3) is 0.333. The number of aromatic carboxylic acids is 1. The number of hydrogen-bond acceptors (Lipinski definition) is 2. The fourth-order valence-corrected chi connectivity index (χ4v) is 1.56. The first-order chi connectivity index (χ1) is 7.73. The van der Waals surface area contributed by atoms with E-state index < -0.39 is 17.6 Å². The summed E-state index contributed by atoms with van der Waals surface area (Å²) >= 11 is 0. The second-order valence-corrected chi connectivity index (χ2v) is 4.64. The molecule has 17 heavy (non-hydrogen) atoms. The van der Waals surface area contributed by atoms with Crippen LogP contribution in [-0.4, -0.2) is 27.8 Å². The van der Waals surface area contributed by atoms with Crippen molar-refractivity contribution in [2.45, 2.75) is 26.3 Å². The summed E-state index contributed by atoms with van der Waals surface area (Å²) in [6.07, 6.45) is -1.11.